The standard InChI is InChI=1S/C10H10NO3.W.Y/c1-11-9(12)8(10(13)14)7-5-3-2-4-6-7;;/h3-6,8H,1H3,(H,11,12)(H,13,14);;/q-1;;. The van der Waals surface area contributed by atoms with Crippen LogP contribution >= 0.6 is 0 Å². The minimum Gasteiger partial charge on any atom is -0.480 e. The smallest absolute Gasteiger partial charge is 0.318 e. The maximum Gasteiger partial charge on any atom is 0.318 e. The van der Waals surface area contributed by atoms with Crippen LogP contribution in [0.3, 0.4) is 0 Å². The third-order valence-electron chi connectivity index (χ3n) is 1.83. The summed E-state index contributed by atoms with van der Waals surface area (Å²) >= 11 is 0. The van der Waals surface area contributed by atoms with Gasteiger partial charge in [-0.1, -0.05) is 0 Å². The molecule has 1 unspecified atom stereocenters. The van der Waals surface area contributed by atoms with E-state index in [1.165, 1.54) is 7.05 Å². The van der Waals surface area contributed by atoms with Crippen LogP contribution in [-0.4, -0.2) is 24.0 Å². The van der Waals surface area contributed by atoms with Gasteiger partial charge in [-0.2, -0.15) is 30.3 Å². The Hall–Kier alpha value is -0.0478. The van der Waals surface area contributed by atoms with Gasteiger partial charge >= 0.3 is 5.97 Å². The fraction of sp³-hybridized carbons (Fsp3) is 0.200. The molecule has 0 bridgehead atoms. The maximum atomic E-state index is 11.3. The van der Waals surface area contributed by atoms with Crippen LogP contribution in [0.5, 0.6) is 0 Å². The zero-order chi connectivity index (χ0) is 10.6. The number of carboxylic acids is 1. The summed E-state index contributed by atoms with van der Waals surface area (Å²) in [6.45, 7) is 0. The molecule has 1 amide bonds. The summed E-state index contributed by atoms with van der Waals surface area (Å²) in [5.74, 6) is -2.83. The van der Waals surface area contributed by atoms with E-state index in [1.54, 1.807) is 24.3 Å². The molecule has 6 heteroatoms. The van der Waals surface area contributed by atoms with Crippen molar-refractivity contribution in [3.8, 4) is 0 Å². The first-order valence-electron chi connectivity index (χ1n) is 4.07. The molecule has 1 radical (unpaired) electrons. The molecule has 1 rings (SSSR count). The van der Waals surface area contributed by atoms with Crippen molar-refractivity contribution in [1.82, 2.24) is 5.32 Å². The number of carboxylic acid groups (broad SMARTS) is 1. The summed E-state index contributed by atoms with van der Waals surface area (Å²) in [6.07, 6.45) is 0. The van der Waals surface area contributed by atoms with Crippen molar-refractivity contribution < 1.29 is 68.5 Å². The summed E-state index contributed by atoms with van der Waals surface area (Å²) in [4.78, 5) is 22.1. The second kappa shape index (κ2) is 9.03. The number of aliphatic carboxylic acids is 1. The minimum atomic E-state index is -1.16. The van der Waals surface area contributed by atoms with Crippen LogP contribution < -0.4 is 5.32 Å². The van der Waals surface area contributed by atoms with E-state index in [2.05, 4.69) is 11.4 Å². The second-order valence-electron chi connectivity index (χ2n) is 2.72. The van der Waals surface area contributed by atoms with Crippen LogP contribution in [-0.2, 0) is 63.4 Å². The van der Waals surface area contributed by atoms with E-state index in [4.69, 9.17) is 5.11 Å². The molecule has 1 aromatic carbocycles. The van der Waals surface area contributed by atoms with Gasteiger partial charge in [0.2, 0.25) is 5.91 Å². The first-order valence-corrected chi connectivity index (χ1v) is 4.07. The number of likely N-dealkylation sites (N-methyl/N-ethyl adjacent to an activating group) is 1. The number of hydrogen-bond donors (Lipinski definition) is 2. The van der Waals surface area contributed by atoms with Crippen molar-refractivity contribution in [2.45, 2.75) is 5.92 Å². The molecule has 1 atom stereocenters. The quantitative estimate of drug-likeness (QED) is 0.502. The Morgan fingerprint density at radius 1 is 1.38 bits per heavy atom. The number of rotatable bonds is 3. The number of carbonyl (C=O) groups excluding carboxylic acids is 1. The zero-order valence-electron chi connectivity index (χ0n) is 8.64. The van der Waals surface area contributed by atoms with Crippen LogP contribution in [0.15, 0.2) is 24.3 Å². The fourth-order valence-electron chi connectivity index (χ4n) is 1.14. The molecule has 0 saturated carbocycles. The maximum absolute atomic E-state index is 11.3. The molecule has 0 spiro atoms. The van der Waals surface area contributed by atoms with Gasteiger partial charge in [0, 0.05) is 60.8 Å². The van der Waals surface area contributed by atoms with E-state index < -0.39 is 17.8 Å². The van der Waals surface area contributed by atoms with E-state index >= 15 is 0 Å². The normalized spacial score (nSPS) is 10.3. The largest absolute Gasteiger partial charge is 0.480 e. The molecule has 1 aromatic rings. The molecule has 4 nitrogen and oxygen atoms in total. The predicted molar refractivity (Wildman–Crippen MR) is 49.7 cm³/mol. The van der Waals surface area contributed by atoms with E-state index in [1.807, 2.05) is 0 Å². The molecule has 0 heterocycles. The third-order valence-corrected chi connectivity index (χ3v) is 1.83. The van der Waals surface area contributed by atoms with Gasteiger partial charge in [0.05, 0.1) is 0 Å². The summed E-state index contributed by atoms with van der Waals surface area (Å²) in [5, 5.41) is 11.2. The number of amides is 1. The molecule has 0 saturated heterocycles. The van der Waals surface area contributed by atoms with Crippen molar-refractivity contribution in [2.75, 3.05) is 7.05 Å². The Kier molecular flexibility index (Phi) is 10.3. The summed E-state index contributed by atoms with van der Waals surface area (Å²) in [5.41, 5.74) is 0.454. The molecule has 83 valence electrons. The van der Waals surface area contributed by atoms with Crippen LogP contribution in [0.1, 0.15) is 11.5 Å². The molecule has 0 aliphatic heterocycles. The monoisotopic (exact) mass is 465 g/mol. The fourth-order valence-corrected chi connectivity index (χ4v) is 1.14. The van der Waals surface area contributed by atoms with Crippen LogP contribution in [0, 0.1) is 6.07 Å². The van der Waals surface area contributed by atoms with Crippen LogP contribution in [0.25, 0.3) is 0 Å². The molecule has 0 aromatic heterocycles. The summed E-state index contributed by atoms with van der Waals surface area (Å²) in [6, 6.07) is 9.04. The summed E-state index contributed by atoms with van der Waals surface area (Å²) < 4.78 is 0. The zero-order valence-corrected chi connectivity index (χ0v) is 14.4. The predicted octanol–water partition coefficient (Wildman–Crippen LogP) is 0.396. The average Bonchev–Trinajstić information content (AvgIpc) is 2.19. The molecule has 16 heavy (non-hydrogen) atoms. The second-order valence-corrected chi connectivity index (χ2v) is 2.72. The van der Waals surface area contributed by atoms with E-state index in [9.17, 15) is 9.59 Å². The van der Waals surface area contributed by atoms with Crippen molar-refractivity contribution in [2.24, 2.45) is 0 Å². The van der Waals surface area contributed by atoms with Gasteiger partial charge in [-0.15, -0.1) is 5.56 Å². The molecule has 0 fully saturated rings. The Labute approximate surface area is 133 Å². The van der Waals surface area contributed by atoms with Gasteiger partial charge in [-0.05, 0) is 0 Å². The molecule has 2 N–H and O–H groups in total. The topological polar surface area (TPSA) is 66.4 Å². The summed E-state index contributed by atoms with van der Waals surface area (Å²) in [7, 11) is 1.41. The van der Waals surface area contributed by atoms with Crippen molar-refractivity contribution in [1.29, 1.82) is 0 Å². The molecular weight excluding hydrogens is 455 g/mol. The van der Waals surface area contributed by atoms with Crippen molar-refractivity contribution in [3.05, 3.63) is 35.9 Å². The third kappa shape index (κ3) is 4.86. The van der Waals surface area contributed by atoms with E-state index in [-0.39, 0.29) is 53.8 Å². The Balaban J connectivity index is 0. The van der Waals surface area contributed by atoms with Gasteiger partial charge in [0.1, 0.15) is 5.92 Å². The Morgan fingerprint density at radius 2 is 1.88 bits per heavy atom. The minimum absolute atomic E-state index is 0. The molecule has 0 aliphatic carbocycles. The molecular formula is C10H10NO3WY-. The van der Waals surface area contributed by atoms with Gasteiger partial charge in [0.25, 0.3) is 0 Å². The molecule has 0 aliphatic rings. The first kappa shape index (κ1) is 18.3. The van der Waals surface area contributed by atoms with Gasteiger partial charge < -0.3 is 10.4 Å². The Morgan fingerprint density at radius 3 is 2.25 bits per heavy atom. The first-order chi connectivity index (χ1) is 6.66. The van der Waals surface area contributed by atoms with Gasteiger partial charge in [-0.25, -0.2) is 0 Å². The number of hydrogen-bond acceptors (Lipinski definition) is 2. The average molecular weight is 465 g/mol. The number of carbonyl (C=O) groups is 2. The van der Waals surface area contributed by atoms with Gasteiger partial charge in [-0.3, -0.25) is 9.59 Å². The number of benzene rings is 1. The van der Waals surface area contributed by atoms with Crippen LogP contribution in [0.2, 0.25) is 0 Å². The SMILES string of the molecule is CNC(=O)C(C(=O)O)c1cc[c-]cc1.[W].[Y]. The van der Waals surface area contributed by atoms with Crippen LogP contribution in [0.4, 0.5) is 0 Å². The Bertz CT molecular complexity index is 345. The van der Waals surface area contributed by atoms with E-state index in [0.29, 0.717) is 5.56 Å². The van der Waals surface area contributed by atoms with E-state index in [0.717, 1.165) is 0 Å². The van der Waals surface area contributed by atoms with Gasteiger partial charge in [0.15, 0.2) is 0 Å². The number of nitrogens with one attached hydrogen (secondary N) is 1. The van der Waals surface area contributed by atoms with Crippen molar-refractivity contribution >= 4 is 11.9 Å². The van der Waals surface area contributed by atoms with Crippen molar-refractivity contribution in [3.63, 3.8) is 0 Å².